The van der Waals surface area contributed by atoms with E-state index in [1.54, 1.807) is 19.4 Å². The molecule has 0 bridgehead atoms. The minimum Gasteiger partial charge on any atom is -0.397 e. The molecule has 1 aromatic rings. The predicted molar refractivity (Wildman–Crippen MR) is 61.3 cm³/mol. The van der Waals surface area contributed by atoms with Crippen LogP contribution in [0.2, 0.25) is 5.02 Å². The predicted octanol–water partition coefficient (Wildman–Crippen LogP) is 1.54. The van der Waals surface area contributed by atoms with Crippen LogP contribution in [-0.2, 0) is 4.74 Å². The van der Waals surface area contributed by atoms with E-state index in [2.05, 4.69) is 16.8 Å². The summed E-state index contributed by atoms with van der Waals surface area (Å²) in [7, 11) is 1.72. The first-order chi connectivity index (χ1) is 7.04. The van der Waals surface area contributed by atoms with Gasteiger partial charge in [0.15, 0.2) is 0 Å². The van der Waals surface area contributed by atoms with Gasteiger partial charge in [0.25, 0.3) is 0 Å². The summed E-state index contributed by atoms with van der Waals surface area (Å²) in [6.07, 6.45) is 1.61. The van der Waals surface area contributed by atoms with Crippen LogP contribution in [0.3, 0.4) is 0 Å². The highest BCUT2D eigenvalue weighted by Gasteiger charge is 2.40. The molecule has 0 aliphatic carbocycles. The molecule has 1 aliphatic heterocycles. The number of hydrogen-bond acceptors (Lipinski definition) is 4. The van der Waals surface area contributed by atoms with Crippen LogP contribution in [0.4, 0.5) is 11.5 Å². The molecule has 0 unspecified atom stereocenters. The molecule has 0 amide bonds. The van der Waals surface area contributed by atoms with E-state index in [0.29, 0.717) is 10.7 Å². The second kappa shape index (κ2) is 3.54. The van der Waals surface area contributed by atoms with Crippen molar-refractivity contribution in [3.8, 4) is 0 Å². The Kier molecular flexibility index (Phi) is 2.48. The Morgan fingerprint density at radius 2 is 2.27 bits per heavy atom. The number of rotatable bonds is 2. The van der Waals surface area contributed by atoms with E-state index in [9.17, 15) is 0 Å². The Morgan fingerprint density at radius 1 is 1.60 bits per heavy atom. The van der Waals surface area contributed by atoms with Gasteiger partial charge in [0.2, 0.25) is 0 Å². The molecule has 2 N–H and O–H groups in total. The third-order valence-corrected chi connectivity index (χ3v) is 2.96. The van der Waals surface area contributed by atoms with Crippen molar-refractivity contribution in [3.63, 3.8) is 0 Å². The van der Waals surface area contributed by atoms with Crippen molar-refractivity contribution < 1.29 is 4.74 Å². The second-order valence-corrected chi connectivity index (χ2v) is 4.49. The van der Waals surface area contributed by atoms with Crippen LogP contribution < -0.4 is 10.6 Å². The summed E-state index contributed by atoms with van der Waals surface area (Å²) in [5, 5.41) is 0.591. The molecular weight excluding hydrogens is 214 g/mol. The lowest BCUT2D eigenvalue weighted by Crippen LogP contribution is -2.61. The smallest absolute Gasteiger partial charge is 0.147 e. The Morgan fingerprint density at radius 3 is 2.80 bits per heavy atom. The van der Waals surface area contributed by atoms with Gasteiger partial charge in [0, 0.05) is 7.11 Å². The van der Waals surface area contributed by atoms with Crippen molar-refractivity contribution in [3.05, 3.63) is 17.3 Å². The first-order valence-corrected chi connectivity index (χ1v) is 5.13. The summed E-state index contributed by atoms with van der Waals surface area (Å²) in [4.78, 5) is 6.29. The van der Waals surface area contributed by atoms with Crippen molar-refractivity contribution in [2.45, 2.75) is 12.5 Å². The fourth-order valence-electron chi connectivity index (χ4n) is 1.72. The Hall–Kier alpha value is -1.00. The van der Waals surface area contributed by atoms with E-state index in [1.807, 2.05) is 0 Å². The van der Waals surface area contributed by atoms with E-state index in [4.69, 9.17) is 22.1 Å². The molecule has 0 saturated carbocycles. The highest BCUT2D eigenvalue weighted by atomic mass is 35.5. The zero-order valence-electron chi connectivity index (χ0n) is 8.83. The minimum atomic E-state index is -0.0770. The molecule has 15 heavy (non-hydrogen) atoms. The minimum absolute atomic E-state index is 0.0770. The number of nitrogens with zero attached hydrogens (tertiary/aromatic N) is 2. The van der Waals surface area contributed by atoms with Crippen molar-refractivity contribution in [2.24, 2.45) is 0 Å². The molecule has 1 saturated heterocycles. The zero-order valence-corrected chi connectivity index (χ0v) is 9.58. The number of nitrogen functional groups attached to an aromatic ring is 1. The molecule has 2 heterocycles. The van der Waals surface area contributed by atoms with Crippen LogP contribution in [0.5, 0.6) is 0 Å². The quantitative estimate of drug-likeness (QED) is 0.833. The first-order valence-electron chi connectivity index (χ1n) is 4.75. The van der Waals surface area contributed by atoms with Crippen LogP contribution >= 0.6 is 11.6 Å². The summed E-state index contributed by atoms with van der Waals surface area (Å²) in [5.74, 6) is 0.778. The number of methoxy groups -OCH3 is 1. The average Bonchev–Trinajstić information content (AvgIpc) is 2.14. The normalized spacial score (nSPS) is 18.7. The molecule has 1 aliphatic rings. The molecular formula is C10H14ClN3O. The lowest BCUT2D eigenvalue weighted by Gasteiger charge is -2.47. The van der Waals surface area contributed by atoms with Gasteiger partial charge in [-0.2, -0.15) is 0 Å². The molecule has 0 aromatic carbocycles. The van der Waals surface area contributed by atoms with Crippen molar-refractivity contribution in [1.82, 2.24) is 4.98 Å². The summed E-state index contributed by atoms with van der Waals surface area (Å²) in [6.45, 7) is 3.68. The number of hydrogen-bond donors (Lipinski definition) is 1. The fraction of sp³-hybridized carbons (Fsp3) is 0.500. The maximum absolute atomic E-state index is 6.05. The number of ether oxygens (including phenoxy) is 1. The highest BCUT2D eigenvalue weighted by Crippen LogP contribution is 2.33. The summed E-state index contributed by atoms with van der Waals surface area (Å²) < 4.78 is 5.35. The highest BCUT2D eigenvalue weighted by molar-refractivity contribution is 6.33. The van der Waals surface area contributed by atoms with E-state index >= 15 is 0 Å². The van der Waals surface area contributed by atoms with Crippen molar-refractivity contribution in [2.75, 3.05) is 30.8 Å². The average molecular weight is 228 g/mol. The van der Waals surface area contributed by atoms with Crippen LogP contribution in [0.25, 0.3) is 0 Å². The lowest BCUT2D eigenvalue weighted by atomic mass is 9.96. The van der Waals surface area contributed by atoms with E-state index < -0.39 is 0 Å². The molecule has 4 nitrogen and oxygen atoms in total. The Labute approximate surface area is 94.0 Å². The van der Waals surface area contributed by atoms with Gasteiger partial charge in [-0.05, 0) is 13.0 Å². The van der Waals surface area contributed by atoms with Crippen LogP contribution in [-0.4, -0.2) is 30.8 Å². The number of anilines is 2. The Balaban J connectivity index is 2.13. The molecule has 82 valence electrons. The Bertz CT molecular complexity index is 377. The van der Waals surface area contributed by atoms with Gasteiger partial charge < -0.3 is 15.4 Å². The SMILES string of the molecule is COC1(C)CN(c2ncc(N)cc2Cl)C1. The van der Waals surface area contributed by atoms with Crippen LogP contribution in [0.1, 0.15) is 6.92 Å². The van der Waals surface area contributed by atoms with Crippen molar-refractivity contribution >= 4 is 23.1 Å². The number of aromatic nitrogens is 1. The van der Waals surface area contributed by atoms with Gasteiger partial charge in [-0.3, -0.25) is 0 Å². The lowest BCUT2D eigenvalue weighted by molar-refractivity contribution is -0.0171. The van der Waals surface area contributed by atoms with Gasteiger partial charge in [0.1, 0.15) is 5.82 Å². The van der Waals surface area contributed by atoms with Crippen LogP contribution in [0, 0.1) is 0 Å². The number of nitrogens with two attached hydrogens (primary N) is 1. The molecule has 1 fully saturated rings. The van der Waals surface area contributed by atoms with Crippen molar-refractivity contribution in [1.29, 1.82) is 0 Å². The third kappa shape index (κ3) is 1.87. The molecule has 0 atom stereocenters. The van der Waals surface area contributed by atoms with Crippen LogP contribution in [0.15, 0.2) is 12.3 Å². The van der Waals surface area contributed by atoms with E-state index in [0.717, 1.165) is 18.9 Å². The molecule has 2 rings (SSSR count). The fourth-order valence-corrected chi connectivity index (χ4v) is 2.01. The largest absolute Gasteiger partial charge is 0.397 e. The zero-order chi connectivity index (χ0) is 11.1. The topological polar surface area (TPSA) is 51.4 Å². The second-order valence-electron chi connectivity index (χ2n) is 4.08. The monoisotopic (exact) mass is 227 g/mol. The summed E-state index contributed by atoms with van der Waals surface area (Å²) in [6, 6.07) is 1.71. The van der Waals surface area contributed by atoms with Gasteiger partial charge in [-0.15, -0.1) is 0 Å². The molecule has 5 heteroatoms. The van der Waals surface area contributed by atoms with Gasteiger partial charge in [-0.1, -0.05) is 11.6 Å². The summed E-state index contributed by atoms with van der Waals surface area (Å²) >= 11 is 6.05. The molecule has 0 spiro atoms. The van der Waals surface area contributed by atoms with Gasteiger partial charge in [0.05, 0.1) is 35.6 Å². The number of halogens is 1. The summed E-state index contributed by atoms with van der Waals surface area (Å²) in [5.41, 5.74) is 6.08. The first kappa shape index (κ1) is 10.5. The third-order valence-electron chi connectivity index (χ3n) is 2.69. The van der Waals surface area contributed by atoms with E-state index in [-0.39, 0.29) is 5.60 Å². The maximum Gasteiger partial charge on any atom is 0.147 e. The molecule has 1 aromatic heterocycles. The van der Waals surface area contributed by atoms with Gasteiger partial charge in [-0.25, -0.2) is 4.98 Å². The van der Waals surface area contributed by atoms with E-state index in [1.165, 1.54) is 0 Å². The number of pyridine rings is 1. The standard InChI is InChI=1S/C10H14ClN3O/c1-10(15-2)5-14(6-10)9-8(11)3-7(12)4-13-9/h3-4H,5-6,12H2,1-2H3. The molecule has 0 radical (unpaired) electrons. The van der Waals surface area contributed by atoms with Gasteiger partial charge >= 0.3 is 0 Å². The maximum atomic E-state index is 6.05.